The predicted octanol–water partition coefficient (Wildman–Crippen LogP) is 4.82. The first-order valence-corrected chi connectivity index (χ1v) is 14.9. The van der Waals surface area contributed by atoms with E-state index in [1.165, 1.54) is 4.90 Å². The molecule has 2 N–H and O–H groups in total. The molecule has 4 aromatic carbocycles. The van der Waals surface area contributed by atoms with Gasteiger partial charge in [0.25, 0.3) is 11.8 Å². The van der Waals surface area contributed by atoms with E-state index in [0.29, 0.717) is 35.5 Å². The number of anilines is 3. The number of hydrogen-bond donors (Lipinski definition) is 2. The van der Waals surface area contributed by atoms with E-state index in [0.717, 1.165) is 27.6 Å². The molecule has 3 amide bonds. The molecule has 3 aliphatic rings. The Labute approximate surface area is 255 Å². The molecule has 3 atom stereocenters. The third-order valence-electron chi connectivity index (χ3n) is 9.46. The van der Waals surface area contributed by atoms with Crippen molar-refractivity contribution in [3.05, 3.63) is 113 Å². The largest absolute Gasteiger partial charge is 0.394 e. The van der Waals surface area contributed by atoms with Crippen molar-refractivity contribution in [2.75, 3.05) is 23.5 Å². The maximum atomic E-state index is 13.6. The minimum absolute atomic E-state index is 0.0700. The summed E-state index contributed by atoms with van der Waals surface area (Å²) in [6.45, 7) is 2.05. The van der Waals surface area contributed by atoms with Gasteiger partial charge >= 0.3 is 0 Å². The first kappa shape index (κ1) is 28.0. The van der Waals surface area contributed by atoms with Gasteiger partial charge in [-0.1, -0.05) is 67.6 Å². The number of aliphatic hydroxyl groups is 2. The van der Waals surface area contributed by atoms with Crippen LogP contribution in [-0.4, -0.2) is 52.5 Å². The first-order chi connectivity index (χ1) is 21.2. The van der Waals surface area contributed by atoms with E-state index >= 15 is 0 Å². The molecule has 0 fully saturated rings. The first-order valence-electron chi connectivity index (χ1n) is 14.9. The number of amides is 3. The number of rotatable bonds is 6. The van der Waals surface area contributed by atoms with Crippen molar-refractivity contribution in [2.24, 2.45) is 5.92 Å². The van der Waals surface area contributed by atoms with Gasteiger partial charge in [-0.15, -0.1) is 0 Å². The molecule has 0 aliphatic carbocycles. The molecular formula is C36H33N3O5. The number of carbonyl (C=O) groups is 3. The summed E-state index contributed by atoms with van der Waals surface area (Å²) in [6, 6.07) is 24.4. The molecule has 0 aromatic heterocycles. The number of fused-ring (bicyclic) bond motifs is 2. The van der Waals surface area contributed by atoms with Gasteiger partial charge in [-0.05, 0) is 53.3 Å². The molecular weight excluding hydrogens is 554 g/mol. The lowest BCUT2D eigenvalue weighted by atomic mass is 9.82. The third-order valence-corrected chi connectivity index (χ3v) is 9.46. The second kappa shape index (κ2) is 10.4. The van der Waals surface area contributed by atoms with Crippen LogP contribution in [0.2, 0.25) is 0 Å². The van der Waals surface area contributed by atoms with Crippen molar-refractivity contribution < 1.29 is 24.6 Å². The van der Waals surface area contributed by atoms with Gasteiger partial charge in [0, 0.05) is 42.6 Å². The lowest BCUT2D eigenvalue weighted by Crippen LogP contribution is -2.46. The van der Waals surface area contributed by atoms with E-state index in [1.807, 2.05) is 60.7 Å². The number of benzene rings is 4. The monoisotopic (exact) mass is 587 g/mol. The fourth-order valence-electron chi connectivity index (χ4n) is 7.03. The van der Waals surface area contributed by atoms with Gasteiger partial charge in [0.15, 0.2) is 5.60 Å². The summed E-state index contributed by atoms with van der Waals surface area (Å²) in [6.07, 6.45) is 4.06. The van der Waals surface area contributed by atoms with Crippen molar-refractivity contribution in [1.82, 2.24) is 4.90 Å². The molecule has 0 radical (unpaired) electrons. The van der Waals surface area contributed by atoms with Crippen LogP contribution in [0.4, 0.5) is 17.1 Å². The van der Waals surface area contributed by atoms with E-state index < -0.39 is 17.4 Å². The number of likely N-dealkylation sites (N-methyl/N-ethyl adjacent to an activating group) is 1. The standard InChI is InChI=1S/C36H33N3O5/c1-22(8-5-15-32(41)38-20-25-10-4-3-9-24(25)18-27(38)21-40)36(44)29-19-26(16-17-30(29)37(2)35(36)43)39-31-14-7-12-23-11-6-13-28(33(23)31)34(39)42/h3-14,16-17,19,22,27,40,44H,15,18,20-21H2,1-2H3/b8-5+/t22-,27+,36+/m1/s1. The molecule has 8 heteroatoms. The average molecular weight is 588 g/mol. The van der Waals surface area contributed by atoms with Crippen LogP contribution >= 0.6 is 0 Å². The molecule has 0 spiro atoms. The van der Waals surface area contributed by atoms with Crippen molar-refractivity contribution in [3.63, 3.8) is 0 Å². The zero-order valence-electron chi connectivity index (χ0n) is 24.6. The molecule has 0 unspecified atom stereocenters. The Balaban J connectivity index is 1.15. The quantitative estimate of drug-likeness (QED) is 0.315. The highest BCUT2D eigenvalue weighted by atomic mass is 16.3. The molecule has 0 saturated carbocycles. The van der Waals surface area contributed by atoms with Gasteiger partial charge in [0.2, 0.25) is 5.91 Å². The Hall–Kier alpha value is -4.79. The van der Waals surface area contributed by atoms with Crippen LogP contribution in [0.5, 0.6) is 0 Å². The van der Waals surface area contributed by atoms with E-state index in [-0.39, 0.29) is 30.9 Å². The van der Waals surface area contributed by atoms with Gasteiger partial charge in [-0.2, -0.15) is 0 Å². The summed E-state index contributed by atoms with van der Waals surface area (Å²) in [4.78, 5) is 45.2. The number of carbonyl (C=O) groups excluding carboxylic acids is 3. The summed E-state index contributed by atoms with van der Waals surface area (Å²) >= 11 is 0. The van der Waals surface area contributed by atoms with Gasteiger partial charge < -0.3 is 20.0 Å². The highest BCUT2D eigenvalue weighted by Gasteiger charge is 2.52. The van der Waals surface area contributed by atoms with Gasteiger partial charge in [-0.25, -0.2) is 0 Å². The maximum Gasteiger partial charge on any atom is 0.264 e. The van der Waals surface area contributed by atoms with Gasteiger partial charge in [0.1, 0.15) is 0 Å². The maximum absolute atomic E-state index is 13.6. The summed E-state index contributed by atoms with van der Waals surface area (Å²) < 4.78 is 0. The van der Waals surface area contributed by atoms with Crippen molar-refractivity contribution >= 4 is 45.6 Å². The molecule has 0 bridgehead atoms. The van der Waals surface area contributed by atoms with Crippen LogP contribution in [0.3, 0.4) is 0 Å². The Kier molecular flexibility index (Phi) is 6.64. The summed E-state index contributed by atoms with van der Waals surface area (Å²) in [5, 5.41) is 23.9. The Morgan fingerprint density at radius 3 is 2.52 bits per heavy atom. The van der Waals surface area contributed by atoms with Crippen LogP contribution < -0.4 is 9.80 Å². The van der Waals surface area contributed by atoms with Crippen molar-refractivity contribution in [2.45, 2.75) is 38.0 Å². The van der Waals surface area contributed by atoms with Gasteiger partial charge in [0.05, 0.1) is 29.6 Å². The molecule has 8 nitrogen and oxygen atoms in total. The lowest BCUT2D eigenvalue weighted by Gasteiger charge is -2.36. The molecule has 4 aromatic rings. The van der Waals surface area contributed by atoms with Crippen molar-refractivity contribution in [3.8, 4) is 0 Å². The smallest absolute Gasteiger partial charge is 0.264 e. The lowest BCUT2D eigenvalue weighted by molar-refractivity contribution is -0.139. The molecule has 44 heavy (non-hydrogen) atoms. The molecule has 7 rings (SSSR count). The van der Waals surface area contributed by atoms with E-state index in [9.17, 15) is 24.6 Å². The summed E-state index contributed by atoms with van der Waals surface area (Å²) in [5.74, 6) is -1.44. The average Bonchev–Trinajstić information content (AvgIpc) is 3.44. The molecule has 3 aliphatic heterocycles. The SMILES string of the molecule is C[C@H](/C=C/CC(=O)N1Cc2ccccc2C[C@H]1CO)[C@@]1(O)C(=O)N(C)c2ccc(N3C(=O)c4cccc5cccc3c45)cc21. The predicted molar refractivity (Wildman–Crippen MR) is 169 cm³/mol. The molecule has 0 saturated heterocycles. The minimum Gasteiger partial charge on any atom is -0.394 e. The van der Waals surface area contributed by atoms with Crippen LogP contribution in [0.25, 0.3) is 10.8 Å². The number of aliphatic hydroxyl groups excluding tert-OH is 1. The van der Waals surface area contributed by atoms with E-state index in [1.54, 1.807) is 54.1 Å². The fraction of sp³-hybridized carbons (Fsp3) is 0.250. The van der Waals surface area contributed by atoms with Crippen molar-refractivity contribution in [1.29, 1.82) is 0 Å². The number of hydrogen-bond acceptors (Lipinski definition) is 5. The van der Waals surface area contributed by atoms with E-state index in [4.69, 9.17) is 0 Å². The number of nitrogens with zero attached hydrogens (tertiary/aromatic N) is 3. The van der Waals surface area contributed by atoms with Gasteiger partial charge in [-0.3, -0.25) is 19.3 Å². The summed E-state index contributed by atoms with van der Waals surface area (Å²) in [5.41, 5.74) is 3.23. The van der Waals surface area contributed by atoms with Crippen LogP contribution in [-0.2, 0) is 28.2 Å². The minimum atomic E-state index is -1.89. The Morgan fingerprint density at radius 1 is 1.00 bits per heavy atom. The summed E-state index contributed by atoms with van der Waals surface area (Å²) in [7, 11) is 1.62. The highest BCUT2D eigenvalue weighted by Crippen LogP contribution is 2.48. The second-order valence-electron chi connectivity index (χ2n) is 11.9. The highest BCUT2D eigenvalue weighted by molar-refractivity contribution is 6.28. The Morgan fingerprint density at radius 2 is 1.75 bits per heavy atom. The fourth-order valence-corrected chi connectivity index (χ4v) is 7.03. The normalized spacial score (nSPS) is 21.4. The molecule has 3 heterocycles. The van der Waals surface area contributed by atoms with Crippen LogP contribution in [0.15, 0.2) is 91.0 Å². The second-order valence-corrected chi connectivity index (χ2v) is 11.9. The third kappa shape index (κ3) is 4.09. The van der Waals surface area contributed by atoms with Crippen LogP contribution in [0.1, 0.15) is 40.4 Å². The Bertz CT molecular complexity index is 1880. The van der Waals surface area contributed by atoms with Crippen LogP contribution in [0, 0.1) is 5.92 Å². The molecule has 222 valence electrons. The van der Waals surface area contributed by atoms with E-state index in [2.05, 4.69) is 0 Å². The zero-order chi connectivity index (χ0) is 30.7. The zero-order valence-corrected chi connectivity index (χ0v) is 24.6. The topological polar surface area (TPSA) is 101 Å².